The first kappa shape index (κ1) is 13.3. The zero-order chi connectivity index (χ0) is 13.1. The zero-order valence-electron chi connectivity index (χ0n) is 10.1. The van der Waals surface area contributed by atoms with Gasteiger partial charge in [-0.25, -0.2) is 0 Å². The number of hydrogen-bond acceptors (Lipinski definition) is 4. The lowest BCUT2D eigenvalue weighted by molar-refractivity contribution is -0.384. The molecule has 1 saturated heterocycles. The summed E-state index contributed by atoms with van der Waals surface area (Å²) in [6.45, 7) is 3.07. The van der Waals surface area contributed by atoms with Gasteiger partial charge in [0.15, 0.2) is 0 Å². The van der Waals surface area contributed by atoms with Gasteiger partial charge in [0.2, 0.25) is 0 Å². The summed E-state index contributed by atoms with van der Waals surface area (Å²) in [6, 6.07) is 5.72. The van der Waals surface area contributed by atoms with Crippen LogP contribution in [0.3, 0.4) is 0 Å². The molecule has 0 bridgehead atoms. The van der Waals surface area contributed by atoms with Crippen LogP contribution in [-0.4, -0.2) is 23.6 Å². The third kappa shape index (κ3) is 3.20. The molecule has 5 nitrogen and oxygen atoms in total. The van der Waals surface area contributed by atoms with Crippen LogP contribution in [0.1, 0.15) is 19.8 Å². The van der Waals surface area contributed by atoms with Crippen LogP contribution in [0.15, 0.2) is 22.7 Å². The zero-order valence-corrected chi connectivity index (χ0v) is 11.7. The molecule has 1 aliphatic heterocycles. The lowest BCUT2D eigenvalue weighted by atomic mass is 10.0. The molecular formula is C12H16BrN3O2. The summed E-state index contributed by atoms with van der Waals surface area (Å²) >= 11 is 3.35. The monoisotopic (exact) mass is 313 g/mol. The number of benzene rings is 1. The van der Waals surface area contributed by atoms with Gasteiger partial charge in [0.05, 0.1) is 4.92 Å². The number of nitro groups is 1. The summed E-state index contributed by atoms with van der Waals surface area (Å²) in [4.78, 5) is 10.6. The number of nitrogens with one attached hydrogen (secondary N) is 2. The van der Waals surface area contributed by atoms with Gasteiger partial charge < -0.3 is 10.6 Å². The van der Waals surface area contributed by atoms with Crippen LogP contribution in [-0.2, 0) is 0 Å². The smallest absolute Gasteiger partial charge is 0.292 e. The number of anilines is 1. The second-order valence-corrected chi connectivity index (χ2v) is 5.56. The third-order valence-corrected chi connectivity index (χ3v) is 3.63. The van der Waals surface area contributed by atoms with Crippen LogP contribution in [0.25, 0.3) is 0 Å². The molecule has 1 aliphatic rings. The highest BCUT2D eigenvalue weighted by atomic mass is 79.9. The number of hydrogen-bond donors (Lipinski definition) is 2. The van der Waals surface area contributed by atoms with Crippen LogP contribution in [0.5, 0.6) is 0 Å². The van der Waals surface area contributed by atoms with Gasteiger partial charge in [-0.3, -0.25) is 10.1 Å². The molecule has 18 heavy (non-hydrogen) atoms. The Kier molecular flexibility index (Phi) is 4.19. The molecule has 0 amide bonds. The molecule has 2 unspecified atom stereocenters. The molecule has 1 fully saturated rings. The minimum absolute atomic E-state index is 0.129. The van der Waals surface area contributed by atoms with Crippen LogP contribution >= 0.6 is 15.9 Å². The fourth-order valence-electron chi connectivity index (χ4n) is 2.27. The van der Waals surface area contributed by atoms with Crippen molar-refractivity contribution in [3.63, 3.8) is 0 Å². The maximum absolute atomic E-state index is 11.0. The van der Waals surface area contributed by atoms with Crippen LogP contribution < -0.4 is 10.6 Å². The molecule has 0 aromatic heterocycles. The second kappa shape index (κ2) is 5.67. The Labute approximate surface area is 114 Å². The van der Waals surface area contributed by atoms with E-state index in [4.69, 9.17) is 0 Å². The van der Waals surface area contributed by atoms with E-state index in [0.717, 1.165) is 23.9 Å². The summed E-state index contributed by atoms with van der Waals surface area (Å²) in [5, 5.41) is 17.6. The number of nitrogens with zero attached hydrogens (tertiary/aromatic N) is 1. The van der Waals surface area contributed by atoms with Crippen molar-refractivity contribution >= 4 is 27.3 Å². The number of halogens is 1. The Bertz CT molecular complexity index is 453. The van der Waals surface area contributed by atoms with Gasteiger partial charge in [-0.05, 0) is 38.4 Å². The van der Waals surface area contributed by atoms with Crippen molar-refractivity contribution in [3.8, 4) is 0 Å². The summed E-state index contributed by atoms with van der Waals surface area (Å²) in [5.74, 6) is 0. The highest BCUT2D eigenvalue weighted by Crippen LogP contribution is 2.29. The molecule has 1 aromatic carbocycles. The summed E-state index contributed by atoms with van der Waals surface area (Å²) in [7, 11) is 0. The predicted octanol–water partition coefficient (Wildman–Crippen LogP) is 2.91. The van der Waals surface area contributed by atoms with E-state index in [0.29, 0.717) is 11.7 Å². The third-order valence-electron chi connectivity index (χ3n) is 3.14. The van der Waals surface area contributed by atoms with Gasteiger partial charge in [0.1, 0.15) is 5.69 Å². The van der Waals surface area contributed by atoms with E-state index in [1.807, 2.05) is 0 Å². The number of rotatable bonds is 3. The molecule has 98 valence electrons. The molecule has 2 atom stereocenters. The van der Waals surface area contributed by atoms with Crippen molar-refractivity contribution in [1.82, 2.24) is 5.32 Å². The Hall–Kier alpha value is -1.14. The van der Waals surface area contributed by atoms with E-state index in [1.165, 1.54) is 6.07 Å². The van der Waals surface area contributed by atoms with E-state index >= 15 is 0 Å². The molecule has 0 radical (unpaired) electrons. The van der Waals surface area contributed by atoms with Crippen LogP contribution in [0, 0.1) is 10.1 Å². The maximum Gasteiger partial charge on any atom is 0.292 e. The van der Waals surface area contributed by atoms with Crippen LogP contribution in [0.2, 0.25) is 0 Å². The summed E-state index contributed by atoms with van der Waals surface area (Å²) < 4.78 is 0.845. The van der Waals surface area contributed by atoms with E-state index < -0.39 is 0 Å². The van der Waals surface area contributed by atoms with Gasteiger partial charge in [0.25, 0.3) is 5.69 Å². The van der Waals surface area contributed by atoms with Gasteiger partial charge >= 0.3 is 0 Å². The van der Waals surface area contributed by atoms with Gasteiger partial charge in [0, 0.05) is 22.6 Å². The molecule has 2 rings (SSSR count). The van der Waals surface area contributed by atoms with Crippen molar-refractivity contribution in [3.05, 3.63) is 32.8 Å². The lowest BCUT2D eigenvalue weighted by Crippen LogP contribution is -2.41. The maximum atomic E-state index is 11.0. The minimum Gasteiger partial charge on any atom is -0.377 e. The lowest BCUT2D eigenvalue weighted by Gasteiger charge is -2.29. The molecule has 0 saturated carbocycles. The topological polar surface area (TPSA) is 67.2 Å². The highest BCUT2D eigenvalue weighted by Gasteiger charge is 2.21. The van der Waals surface area contributed by atoms with Gasteiger partial charge in [-0.2, -0.15) is 0 Å². The predicted molar refractivity (Wildman–Crippen MR) is 74.9 cm³/mol. The fourth-order valence-corrected chi connectivity index (χ4v) is 2.63. The van der Waals surface area contributed by atoms with Crippen molar-refractivity contribution in [2.75, 3.05) is 11.9 Å². The van der Waals surface area contributed by atoms with E-state index in [2.05, 4.69) is 33.5 Å². The normalized spacial score (nSPS) is 23.7. The number of piperidine rings is 1. The van der Waals surface area contributed by atoms with Crippen molar-refractivity contribution in [1.29, 1.82) is 0 Å². The van der Waals surface area contributed by atoms with Crippen LogP contribution in [0.4, 0.5) is 11.4 Å². The number of nitro benzene ring substituents is 1. The second-order valence-electron chi connectivity index (χ2n) is 4.64. The van der Waals surface area contributed by atoms with Crippen molar-refractivity contribution < 1.29 is 4.92 Å². The first-order valence-electron chi connectivity index (χ1n) is 6.00. The summed E-state index contributed by atoms with van der Waals surface area (Å²) in [6.07, 6.45) is 1.96. The molecule has 2 N–H and O–H groups in total. The molecule has 0 spiro atoms. The Balaban J connectivity index is 2.16. The summed E-state index contributed by atoms with van der Waals surface area (Å²) in [5.41, 5.74) is 0.720. The highest BCUT2D eigenvalue weighted by molar-refractivity contribution is 9.10. The average Bonchev–Trinajstić information content (AvgIpc) is 2.28. The molecule has 6 heteroatoms. The minimum atomic E-state index is -0.348. The Morgan fingerprint density at radius 1 is 1.56 bits per heavy atom. The van der Waals surface area contributed by atoms with E-state index in [-0.39, 0.29) is 16.7 Å². The largest absolute Gasteiger partial charge is 0.377 e. The first-order chi connectivity index (χ1) is 8.56. The molecule has 0 aliphatic carbocycles. The van der Waals surface area contributed by atoms with Gasteiger partial charge in [-0.1, -0.05) is 15.9 Å². The van der Waals surface area contributed by atoms with Crippen molar-refractivity contribution in [2.45, 2.75) is 31.8 Å². The molecule has 1 aromatic rings. The fraction of sp³-hybridized carbons (Fsp3) is 0.500. The standard InChI is InChI=1S/C12H16BrN3O2/c1-8-6-10(4-5-14-8)15-11-7-9(13)2-3-12(11)16(17)18/h2-3,7-8,10,14-15H,4-6H2,1H3. The van der Waals surface area contributed by atoms with E-state index in [1.54, 1.807) is 12.1 Å². The Morgan fingerprint density at radius 2 is 2.33 bits per heavy atom. The SMILES string of the molecule is CC1CC(Nc2cc(Br)ccc2[N+](=O)[O-])CCN1. The first-order valence-corrected chi connectivity index (χ1v) is 6.79. The Morgan fingerprint density at radius 3 is 3.00 bits per heavy atom. The van der Waals surface area contributed by atoms with Gasteiger partial charge in [-0.15, -0.1) is 0 Å². The average molecular weight is 314 g/mol. The van der Waals surface area contributed by atoms with Crippen molar-refractivity contribution in [2.24, 2.45) is 0 Å². The van der Waals surface area contributed by atoms with E-state index in [9.17, 15) is 10.1 Å². The molecule has 1 heterocycles. The molecular weight excluding hydrogens is 298 g/mol. The quantitative estimate of drug-likeness (QED) is 0.665.